The van der Waals surface area contributed by atoms with Crippen molar-refractivity contribution in [3.63, 3.8) is 0 Å². The molecule has 0 heterocycles. The van der Waals surface area contributed by atoms with E-state index in [-0.39, 0.29) is 5.91 Å². The molecule has 0 fully saturated rings. The van der Waals surface area contributed by atoms with Crippen LogP contribution in [0.4, 0.5) is 5.69 Å². The first-order valence-corrected chi connectivity index (χ1v) is 6.58. The SMILES string of the molecule is CC(C)CC(C)CNc1ccc(CC(N)=O)cc1. The number of carbonyl (C=O) groups is 1. The molecule has 0 aliphatic rings. The van der Waals surface area contributed by atoms with Gasteiger partial charge in [-0.2, -0.15) is 0 Å². The molecular weight excluding hydrogens is 224 g/mol. The van der Waals surface area contributed by atoms with E-state index < -0.39 is 0 Å². The Hall–Kier alpha value is -1.51. The lowest BCUT2D eigenvalue weighted by molar-refractivity contribution is -0.117. The van der Waals surface area contributed by atoms with Crippen molar-refractivity contribution in [2.24, 2.45) is 17.6 Å². The topological polar surface area (TPSA) is 55.1 Å². The van der Waals surface area contributed by atoms with Crippen LogP contribution in [-0.2, 0) is 11.2 Å². The van der Waals surface area contributed by atoms with E-state index in [0.717, 1.165) is 23.7 Å². The molecule has 3 N–H and O–H groups in total. The van der Waals surface area contributed by atoms with E-state index in [1.54, 1.807) is 0 Å². The lowest BCUT2D eigenvalue weighted by Gasteiger charge is -2.15. The number of carbonyl (C=O) groups excluding carboxylic acids is 1. The van der Waals surface area contributed by atoms with Gasteiger partial charge >= 0.3 is 0 Å². The van der Waals surface area contributed by atoms with E-state index >= 15 is 0 Å². The molecule has 3 heteroatoms. The molecule has 0 spiro atoms. The Morgan fingerprint density at radius 1 is 1.22 bits per heavy atom. The van der Waals surface area contributed by atoms with Crippen molar-refractivity contribution >= 4 is 11.6 Å². The van der Waals surface area contributed by atoms with Gasteiger partial charge in [0.25, 0.3) is 0 Å². The first kappa shape index (κ1) is 14.6. The largest absolute Gasteiger partial charge is 0.385 e. The fourth-order valence-electron chi connectivity index (χ4n) is 2.12. The van der Waals surface area contributed by atoms with Gasteiger partial charge in [-0.25, -0.2) is 0 Å². The minimum atomic E-state index is -0.290. The smallest absolute Gasteiger partial charge is 0.221 e. The summed E-state index contributed by atoms with van der Waals surface area (Å²) in [6.07, 6.45) is 1.54. The van der Waals surface area contributed by atoms with Crippen LogP contribution in [0.5, 0.6) is 0 Å². The highest BCUT2D eigenvalue weighted by atomic mass is 16.1. The Morgan fingerprint density at radius 3 is 2.33 bits per heavy atom. The summed E-state index contributed by atoms with van der Waals surface area (Å²) in [5.41, 5.74) is 7.21. The van der Waals surface area contributed by atoms with E-state index in [2.05, 4.69) is 26.1 Å². The molecule has 1 atom stereocenters. The molecular formula is C15H24N2O. The molecule has 18 heavy (non-hydrogen) atoms. The summed E-state index contributed by atoms with van der Waals surface area (Å²) in [4.78, 5) is 10.8. The Morgan fingerprint density at radius 2 is 1.83 bits per heavy atom. The van der Waals surface area contributed by atoms with Crippen LogP contribution in [0.3, 0.4) is 0 Å². The number of benzene rings is 1. The number of primary amides is 1. The van der Waals surface area contributed by atoms with Gasteiger partial charge in [0.2, 0.25) is 5.91 Å². The van der Waals surface area contributed by atoms with Gasteiger partial charge in [-0.05, 0) is 36.0 Å². The van der Waals surface area contributed by atoms with Crippen LogP contribution in [-0.4, -0.2) is 12.5 Å². The molecule has 1 unspecified atom stereocenters. The number of nitrogens with one attached hydrogen (secondary N) is 1. The molecule has 0 saturated heterocycles. The molecule has 0 aliphatic heterocycles. The van der Waals surface area contributed by atoms with Crippen molar-refractivity contribution in [2.75, 3.05) is 11.9 Å². The predicted octanol–water partition coefficient (Wildman–Crippen LogP) is 2.81. The lowest BCUT2D eigenvalue weighted by Crippen LogP contribution is -2.14. The zero-order valence-corrected chi connectivity index (χ0v) is 11.6. The highest BCUT2D eigenvalue weighted by Gasteiger charge is 2.05. The molecule has 1 rings (SSSR count). The fourth-order valence-corrected chi connectivity index (χ4v) is 2.12. The maximum atomic E-state index is 10.8. The van der Waals surface area contributed by atoms with Crippen molar-refractivity contribution in [1.29, 1.82) is 0 Å². The van der Waals surface area contributed by atoms with Crippen molar-refractivity contribution in [3.05, 3.63) is 29.8 Å². The Kier molecular flexibility index (Phi) is 5.69. The number of amides is 1. The van der Waals surface area contributed by atoms with E-state index in [9.17, 15) is 4.79 Å². The molecule has 1 amide bonds. The molecule has 0 aliphatic carbocycles. The normalized spacial score (nSPS) is 12.4. The monoisotopic (exact) mass is 248 g/mol. The average molecular weight is 248 g/mol. The summed E-state index contributed by atoms with van der Waals surface area (Å²) < 4.78 is 0. The van der Waals surface area contributed by atoms with Gasteiger partial charge in [0.15, 0.2) is 0 Å². The lowest BCUT2D eigenvalue weighted by atomic mass is 9.99. The number of nitrogens with two attached hydrogens (primary N) is 1. The third-order valence-electron chi connectivity index (χ3n) is 2.86. The molecule has 1 aromatic rings. The Bertz CT molecular complexity index is 371. The van der Waals surface area contributed by atoms with Crippen LogP contribution < -0.4 is 11.1 Å². The summed E-state index contributed by atoms with van der Waals surface area (Å²) in [7, 11) is 0. The molecule has 0 saturated carbocycles. The summed E-state index contributed by atoms with van der Waals surface area (Å²) in [6, 6.07) is 7.89. The molecule has 100 valence electrons. The van der Waals surface area contributed by atoms with Crippen LogP contribution in [0.2, 0.25) is 0 Å². The van der Waals surface area contributed by atoms with Crippen LogP contribution in [0, 0.1) is 11.8 Å². The van der Waals surface area contributed by atoms with Crippen LogP contribution in [0.25, 0.3) is 0 Å². The summed E-state index contributed by atoms with van der Waals surface area (Å²) in [5.74, 6) is 1.11. The third-order valence-corrected chi connectivity index (χ3v) is 2.86. The highest BCUT2D eigenvalue weighted by Crippen LogP contribution is 2.14. The summed E-state index contributed by atoms with van der Waals surface area (Å²) in [5, 5.41) is 3.41. The molecule has 1 aromatic carbocycles. The molecule has 0 aromatic heterocycles. The average Bonchev–Trinajstić information content (AvgIpc) is 2.26. The predicted molar refractivity (Wildman–Crippen MR) is 76.4 cm³/mol. The molecule has 3 nitrogen and oxygen atoms in total. The van der Waals surface area contributed by atoms with Crippen molar-refractivity contribution in [3.8, 4) is 0 Å². The van der Waals surface area contributed by atoms with Crippen molar-refractivity contribution < 1.29 is 4.79 Å². The first-order chi connectivity index (χ1) is 8.47. The number of rotatable bonds is 7. The van der Waals surface area contributed by atoms with Crippen LogP contribution in [0.1, 0.15) is 32.8 Å². The number of anilines is 1. The van der Waals surface area contributed by atoms with Gasteiger partial charge in [0.1, 0.15) is 0 Å². The summed E-state index contributed by atoms with van der Waals surface area (Å²) >= 11 is 0. The van der Waals surface area contributed by atoms with Gasteiger partial charge in [-0.15, -0.1) is 0 Å². The highest BCUT2D eigenvalue weighted by molar-refractivity contribution is 5.76. The summed E-state index contributed by atoms with van der Waals surface area (Å²) in [6.45, 7) is 7.73. The van der Waals surface area contributed by atoms with Gasteiger partial charge in [0, 0.05) is 12.2 Å². The fraction of sp³-hybridized carbons (Fsp3) is 0.533. The van der Waals surface area contributed by atoms with Gasteiger partial charge in [-0.3, -0.25) is 4.79 Å². The van der Waals surface area contributed by atoms with Gasteiger partial charge in [-0.1, -0.05) is 32.9 Å². The number of hydrogen-bond acceptors (Lipinski definition) is 2. The Balaban J connectivity index is 2.41. The third kappa shape index (κ3) is 5.71. The Labute approximate surface area is 110 Å². The standard InChI is InChI=1S/C15H24N2O/c1-11(2)8-12(3)10-17-14-6-4-13(5-7-14)9-15(16)18/h4-7,11-12,17H,8-10H2,1-3H3,(H2,16,18). The van der Waals surface area contributed by atoms with Gasteiger partial charge < -0.3 is 11.1 Å². The second-order valence-corrected chi connectivity index (χ2v) is 5.46. The minimum Gasteiger partial charge on any atom is -0.385 e. The second-order valence-electron chi connectivity index (χ2n) is 5.46. The van der Waals surface area contributed by atoms with E-state index in [1.165, 1.54) is 6.42 Å². The van der Waals surface area contributed by atoms with Crippen LogP contribution >= 0.6 is 0 Å². The van der Waals surface area contributed by atoms with E-state index in [0.29, 0.717) is 12.3 Å². The van der Waals surface area contributed by atoms with Crippen molar-refractivity contribution in [1.82, 2.24) is 0 Å². The van der Waals surface area contributed by atoms with Crippen LogP contribution in [0.15, 0.2) is 24.3 Å². The first-order valence-electron chi connectivity index (χ1n) is 6.58. The zero-order chi connectivity index (χ0) is 13.5. The molecule has 0 radical (unpaired) electrons. The second kappa shape index (κ2) is 7.04. The molecule has 0 bridgehead atoms. The number of hydrogen-bond donors (Lipinski definition) is 2. The quantitative estimate of drug-likeness (QED) is 0.779. The van der Waals surface area contributed by atoms with Crippen molar-refractivity contribution in [2.45, 2.75) is 33.6 Å². The maximum absolute atomic E-state index is 10.8. The van der Waals surface area contributed by atoms with E-state index in [4.69, 9.17) is 5.73 Å². The zero-order valence-electron chi connectivity index (χ0n) is 11.6. The van der Waals surface area contributed by atoms with E-state index in [1.807, 2.05) is 24.3 Å². The minimum absolute atomic E-state index is 0.290. The van der Waals surface area contributed by atoms with Gasteiger partial charge in [0.05, 0.1) is 6.42 Å². The maximum Gasteiger partial charge on any atom is 0.221 e.